The minimum Gasteiger partial charge on any atom is -0.387 e. The summed E-state index contributed by atoms with van der Waals surface area (Å²) in [7, 11) is 0. The van der Waals surface area contributed by atoms with E-state index in [0.29, 0.717) is 6.42 Å². The van der Waals surface area contributed by atoms with Crippen LogP contribution in [0.5, 0.6) is 0 Å². The van der Waals surface area contributed by atoms with Gasteiger partial charge in [-0.05, 0) is 13.8 Å². The quantitative estimate of drug-likeness (QED) is 0.503. The van der Waals surface area contributed by atoms with Crippen molar-refractivity contribution in [3.05, 3.63) is 12.2 Å². The van der Waals surface area contributed by atoms with Gasteiger partial charge < -0.3 is 5.73 Å². The highest BCUT2D eigenvalue weighted by Crippen LogP contribution is 2.04. The molecule has 0 fully saturated rings. The van der Waals surface area contributed by atoms with Crippen molar-refractivity contribution >= 4 is 5.84 Å². The van der Waals surface area contributed by atoms with Gasteiger partial charge in [0.2, 0.25) is 0 Å². The molecule has 1 heterocycles. The molecule has 0 aliphatic heterocycles. The molecular weight excluding hydrogens is 154 g/mol. The number of rotatable bonds is 3. The van der Waals surface area contributed by atoms with E-state index in [0.717, 1.165) is 5.82 Å². The smallest absolute Gasteiger partial charge is 0.138 e. The van der Waals surface area contributed by atoms with Crippen molar-refractivity contribution in [3.8, 4) is 0 Å². The van der Waals surface area contributed by atoms with Crippen LogP contribution in [0.25, 0.3) is 0 Å². The molecule has 5 heteroatoms. The van der Waals surface area contributed by atoms with Crippen LogP contribution in [0.4, 0.5) is 0 Å². The monoisotopic (exact) mass is 167 g/mol. The van der Waals surface area contributed by atoms with Crippen molar-refractivity contribution in [1.82, 2.24) is 14.8 Å². The van der Waals surface area contributed by atoms with Gasteiger partial charge in [0.15, 0.2) is 0 Å². The average Bonchev–Trinajstić information content (AvgIpc) is 2.33. The fraction of sp³-hybridized carbons (Fsp3) is 0.571. The van der Waals surface area contributed by atoms with Gasteiger partial charge in [-0.15, -0.1) is 0 Å². The third kappa shape index (κ3) is 1.81. The zero-order valence-corrected chi connectivity index (χ0v) is 7.28. The lowest BCUT2D eigenvalue weighted by atomic mass is 10.3. The molecule has 12 heavy (non-hydrogen) atoms. The zero-order valence-electron chi connectivity index (χ0n) is 7.28. The molecule has 1 aromatic heterocycles. The molecule has 3 N–H and O–H groups in total. The van der Waals surface area contributed by atoms with Gasteiger partial charge in [0.1, 0.15) is 12.2 Å². The highest BCUT2D eigenvalue weighted by atomic mass is 15.3. The number of nitrogens with two attached hydrogens (primary N) is 1. The van der Waals surface area contributed by atoms with Crippen LogP contribution in [0, 0.1) is 5.41 Å². The molecule has 0 bridgehead atoms. The van der Waals surface area contributed by atoms with Gasteiger partial charge in [0.05, 0.1) is 12.3 Å². The Kier molecular flexibility index (Phi) is 2.42. The van der Waals surface area contributed by atoms with Gasteiger partial charge in [-0.3, -0.25) is 5.41 Å². The Morgan fingerprint density at radius 2 is 2.42 bits per heavy atom. The molecule has 66 valence electrons. The van der Waals surface area contributed by atoms with Crippen LogP contribution in [0.15, 0.2) is 6.33 Å². The predicted molar refractivity (Wildman–Crippen MR) is 46.0 cm³/mol. The summed E-state index contributed by atoms with van der Waals surface area (Å²) < 4.78 is 1.77. The number of nitrogens with zero attached hydrogens (tertiary/aromatic N) is 3. The molecular formula is C7H13N5. The Bertz CT molecular complexity index is 275. The second kappa shape index (κ2) is 3.34. The highest BCUT2D eigenvalue weighted by molar-refractivity contribution is 5.78. The molecule has 0 unspecified atom stereocenters. The normalized spacial score (nSPS) is 10.6. The molecule has 0 aromatic carbocycles. The van der Waals surface area contributed by atoms with E-state index in [2.05, 4.69) is 10.1 Å². The topological polar surface area (TPSA) is 80.6 Å². The van der Waals surface area contributed by atoms with Gasteiger partial charge in [-0.2, -0.15) is 5.10 Å². The summed E-state index contributed by atoms with van der Waals surface area (Å²) in [5.74, 6) is 0.863. The van der Waals surface area contributed by atoms with Crippen LogP contribution in [-0.2, 0) is 6.42 Å². The van der Waals surface area contributed by atoms with Crippen LogP contribution >= 0.6 is 0 Å². The van der Waals surface area contributed by atoms with Gasteiger partial charge in [-0.1, -0.05) is 0 Å². The zero-order chi connectivity index (χ0) is 9.14. The van der Waals surface area contributed by atoms with Crippen molar-refractivity contribution in [2.24, 2.45) is 5.73 Å². The van der Waals surface area contributed by atoms with E-state index >= 15 is 0 Å². The molecule has 1 aromatic rings. The molecule has 0 amide bonds. The average molecular weight is 167 g/mol. The van der Waals surface area contributed by atoms with E-state index < -0.39 is 0 Å². The molecule has 5 nitrogen and oxygen atoms in total. The van der Waals surface area contributed by atoms with E-state index in [9.17, 15) is 0 Å². The SMILES string of the molecule is CC(C)n1ncnc1CC(=N)N. The fourth-order valence-electron chi connectivity index (χ4n) is 1.00. The number of nitrogens with one attached hydrogen (secondary N) is 1. The molecule has 0 radical (unpaired) electrons. The lowest BCUT2D eigenvalue weighted by Crippen LogP contribution is -2.18. The molecule has 0 aliphatic rings. The van der Waals surface area contributed by atoms with Crippen LogP contribution in [0.2, 0.25) is 0 Å². The number of hydrogen-bond donors (Lipinski definition) is 2. The van der Waals surface area contributed by atoms with Crippen molar-refractivity contribution in [2.75, 3.05) is 0 Å². The third-order valence-electron chi connectivity index (χ3n) is 1.48. The maximum atomic E-state index is 7.10. The van der Waals surface area contributed by atoms with Crippen molar-refractivity contribution in [1.29, 1.82) is 5.41 Å². The first kappa shape index (κ1) is 8.70. The first-order valence-electron chi connectivity index (χ1n) is 3.82. The molecule has 0 saturated heterocycles. The predicted octanol–water partition coefficient (Wildman–Crippen LogP) is 0.337. The summed E-state index contributed by atoms with van der Waals surface area (Å²) in [5, 5.41) is 11.1. The highest BCUT2D eigenvalue weighted by Gasteiger charge is 2.07. The Balaban J connectivity index is 2.84. The summed E-state index contributed by atoms with van der Waals surface area (Å²) in [6, 6.07) is 0.266. The Morgan fingerprint density at radius 3 is 2.92 bits per heavy atom. The van der Waals surface area contributed by atoms with Gasteiger partial charge in [0, 0.05) is 6.04 Å². The van der Waals surface area contributed by atoms with Crippen LogP contribution in [0.3, 0.4) is 0 Å². The number of hydrogen-bond acceptors (Lipinski definition) is 3. The van der Waals surface area contributed by atoms with Crippen LogP contribution in [0.1, 0.15) is 25.7 Å². The fourth-order valence-corrected chi connectivity index (χ4v) is 1.00. The molecule has 0 atom stereocenters. The van der Waals surface area contributed by atoms with E-state index in [1.165, 1.54) is 6.33 Å². The summed E-state index contributed by atoms with van der Waals surface area (Å²) in [5.41, 5.74) is 5.25. The lowest BCUT2D eigenvalue weighted by molar-refractivity contribution is 0.512. The largest absolute Gasteiger partial charge is 0.387 e. The maximum Gasteiger partial charge on any atom is 0.138 e. The standard InChI is InChI=1S/C7H13N5/c1-5(2)12-7(3-6(8)9)10-4-11-12/h4-5H,3H2,1-2H3,(H3,8,9). The van der Waals surface area contributed by atoms with Gasteiger partial charge in [-0.25, -0.2) is 9.67 Å². The minimum absolute atomic E-state index is 0.116. The second-order valence-corrected chi connectivity index (χ2v) is 2.92. The Labute approximate surface area is 71.1 Å². The first-order chi connectivity index (χ1) is 5.61. The Morgan fingerprint density at radius 1 is 1.75 bits per heavy atom. The molecule has 0 spiro atoms. The summed E-state index contributed by atoms with van der Waals surface area (Å²) in [4.78, 5) is 4.01. The van der Waals surface area contributed by atoms with Gasteiger partial charge >= 0.3 is 0 Å². The van der Waals surface area contributed by atoms with Crippen molar-refractivity contribution in [3.63, 3.8) is 0 Å². The van der Waals surface area contributed by atoms with E-state index in [4.69, 9.17) is 11.1 Å². The van der Waals surface area contributed by atoms with E-state index in [1.807, 2.05) is 13.8 Å². The maximum absolute atomic E-state index is 7.10. The summed E-state index contributed by atoms with van der Waals surface area (Å²) >= 11 is 0. The van der Waals surface area contributed by atoms with E-state index in [1.54, 1.807) is 4.68 Å². The lowest BCUT2D eigenvalue weighted by Gasteiger charge is -2.07. The van der Waals surface area contributed by atoms with Crippen molar-refractivity contribution in [2.45, 2.75) is 26.3 Å². The number of aromatic nitrogens is 3. The number of amidine groups is 1. The molecule has 0 aliphatic carbocycles. The van der Waals surface area contributed by atoms with Crippen LogP contribution < -0.4 is 5.73 Å². The minimum atomic E-state index is 0.116. The van der Waals surface area contributed by atoms with Crippen molar-refractivity contribution < 1.29 is 0 Å². The second-order valence-electron chi connectivity index (χ2n) is 2.92. The molecule has 0 saturated carbocycles. The summed E-state index contributed by atoms with van der Waals surface area (Å²) in [6.07, 6.45) is 1.86. The Hall–Kier alpha value is -1.39. The first-order valence-corrected chi connectivity index (χ1v) is 3.82. The van der Waals surface area contributed by atoms with E-state index in [-0.39, 0.29) is 11.9 Å². The third-order valence-corrected chi connectivity index (χ3v) is 1.48. The van der Waals surface area contributed by atoms with Gasteiger partial charge in [0.25, 0.3) is 0 Å². The van der Waals surface area contributed by atoms with Crippen LogP contribution in [-0.4, -0.2) is 20.6 Å². The summed E-state index contributed by atoms with van der Waals surface area (Å²) in [6.45, 7) is 4.02. The molecule has 1 rings (SSSR count).